The molecule has 1 aromatic heterocycles. The molecule has 4 rings (SSSR count). The second kappa shape index (κ2) is 7.94. The summed E-state index contributed by atoms with van der Waals surface area (Å²) in [6.07, 6.45) is 0.841. The van der Waals surface area contributed by atoms with Crippen LogP contribution >= 0.6 is 11.3 Å². The highest BCUT2D eigenvalue weighted by molar-refractivity contribution is 7.15. The van der Waals surface area contributed by atoms with Gasteiger partial charge in [0.1, 0.15) is 11.9 Å². The Morgan fingerprint density at radius 2 is 1.93 bits per heavy atom. The first kappa shape index (κ1) is 19.6. The molecule has 1 N–H and O–H groups in total. The van der Waals surface area contributed by atoms with Crippen molar-refractivity contribution in [2.45, 2.75) is 38.3 Å². The predicted octanol–water partition coefficient (Wildman–Crippen LogP) is 4.68. The zero-order chi connectivity index (χ0) is 20.5. The number of aliphatic hydroxyl groups is 1. The van der Waals surface area contributed by atoms with E-state index in [1.165, 1.54) is 12.1 Å². The van der Waals surface area contributed by atoms with Gasteiger partial charge in [-0.3, -0.25) is 0 Å². The average molecular weight is 408 g/mol. The summed E-state index contributed by atoms with van der Waals surface area (Å²) in [4.78, 5) is 7.80. The summed E-state index contributed by atoms with van der Waals surface area (Å²) in [5.41, 5.74) is 3.88. The number of rotatable bonds is 5. The zero-order valence-corrected chi connectivity index (χ0v) is 17.2. The van der Waals surface area contributed by atoms with Crippen molar-refractivity contribution in [1.82, 2.24) is 4.98 Å². The SMILES string of the molecule is CCc1nc(N2[C@H](C#N)[C@H](c3ccccc3-c3ccc(F)cc3)[C@H]2CO)sc1C. The lowest BCUT2D eigenvalue weighted by Crippen LogP contribution is -2.63. The van der Waals surface area contributed by atoms with Crippen molar-refractivity contribution in [2.75, 3.05) is 11.5 Å². The summed E-state index contributed by atoms with van der Waals surface area (Å²) in [5.74, 6) is -0.435. The van der Waals surface area contributed by atoms with Crippen LogP contribution in [0.1, 0.15) is 29.0 Å². The van der Waals surface area contributed by atoms with Gasteiger partial charge in [-0.25, -0.2) is 9.37 Å². The first-order valence-corrected chi connectivity index (χ1v) is 10.5. The molecule has 1 fully saturated rings. The number of halogens is 1. The number of aromatic nitrogens is 1. The van der Waals surface area contributed by atoms with Crippen LogP contribution in [-0.2, 0) is 6.42 Å². The maximum absolute atomic E-state index is 13.4. The Balaban J connectivity index is 1.74. The van der Waals surface area contributed by atoms with Crippen molar-refractivity contribution in [1.29, 1.82) is 5.26 Å². The predicted molar refractivity (Wildman–Crippen MR) is 114 cm³/mol. The molecule has 3 atom stereocenters. The number of nitrogens with zero attached hydrogens (tertiary/aromatic N) is 3. The van der Waals surface area contributed by atoms with Crippen molar-refractivity contribution < 1.29 is 9.50 Å². The molecule has 29 heavy (non-hydrogen) atoms. The van der Waals surface area contributed by atoms with E-state index in [2.05, 4.69) is 13.0 Å². The standard InChI is InChI=1S/C23H22FN3OS/c1-3-19-14(2)29-23(26-19)27-20(12-25)22(21(27)13-28)18-7-5-4-6-17(18)15-8-10-16(24)11-9-15/h4-11,20-22,28H,3,13H2,1-2H3/t20-,21-,22+/m1/s1. The number of aryl methyl sites for hydroxylation is 2. The Morgan fingerprint density at radius 3 is 2.55 bits per heavy atom. The third-order valence-electron chi connectivity index (χ3n) is 5.64. The molecule has 1 saturated heterocycles. The lowest BCUT2D eigenvalue weighted by molar-refractivity contribution is 0.188. The van der Waals surface area contributed by atoms with Gasteiger partial charge in [0.25, 0.3) is 0 Å². The Kier molecular flexibility index (Phi) is 5.35. The molecule has 6 heteroatoms. The molecule has 148 valence electrons. The van der Waals surface area contributed by atoms with Crippen LogP contribution in [0, 0.1) is 24.1 Å². The van der Waals surface area contributed by atoms with Crippen molar-refractivity contribution in [3.8, 4) is 17.2 Å². The van der Waals surface area contributed by atoms with Gasteiger partial charge in [0.15, 0.2) is 5.13 Å². The van der Waals surface area contributed by atoms with E-state index in [-0.39, 0.29) is 24.4 Å². The number of anilines is 1. The highest BCUT2D eigenvalue weighted by atomic mass is 32.1. The molecule has 0 spiro atoms. The molecule has 2 heterocycles. The highest BCUT2D eigenvalue weighted by Crippen LogP contribution is 2.47. The quantitative estimate of drug-likeness (QED) is 0.667. The van der Waals surface area contributed by atoms with E-state index in [0.29, 0.717) is 0 Å². The number of benzene rings is 2. The third kappa shape index (κ3) is 3.31. The fraction of sp³-hybridized carbons (Fsp3) is 0.304. The minimum atomic E-state index is -0.413. The van der Waals surface area contributed by atoms with Crippen LogP contribution in [0.2, 0.25) is 0 Å². The van der Waals surface area contributed by atoms with Gasteiger partial charge in [0, 0.05) is 10.8 Å². The smallest absolute Gasteiger partial charge is 0.187 e. The van der Waals surface area contributed by atoms with Gasteiger partial charge in [-0.05, 0) is 42.2 Å². The van der Waals surface area contributed by atoms with Crippen LogP contribution in [0.4, 0.5) is 9.52 Å². The summed E-state index contributed by atoms with van der Waals surface area (Å²) in [6, 6.07) is 16.0. The van der Waals surface area contributed by atoms with Crippen molar-refractivity contribution >= 4 is 16.5 Å². The molecule has 0 saturated carbocycles. The Morgan fingerprint density at radius 1 is 1.21 bits per heavy atom. The zero-order valence-electron chi connectivity index (χ0n) is 16.3. The van der Waals surface area contributed by atoms with Gasteiger partial charge in [-0.2, -0.15) is 5.26 Å². The maximum atomic E-state index is 13.4. The van der Waals surface area contributed by atoms with Gasteiger partial charge in [-0.15, -0.1) is 11.3 Å². The topological polar surface area (TPSA) is 60.2 Å². The first-order chi connectivity index (χ1) is 14.1. The lowest BCUT2D eigenvalue weighted by Gasteiger charge is -2.52. The molecule has 0 aliphatic carbocycles. The van der Waals surface area contributed by atoms with Gasteiger partial charge in [-0.1, -0.05) is 43.3 Å². The Bertz CT molecular complexity index is 1060. The summed E-state index contributed by atoms with van der Waals surface area (Å²) >= 11 is 1.57. The summed E-state index contributed by atoms with van der Waals surface area (Å²) in [6.45, 7) is 4.03. The van der Waals surface area contributed by atoms with Gasteiger partial charge >= 0.3 is 0 Å². The summed E-state index contributed by atoms with van der Waals surface area (Å²) in [7, 11) is 0. The number of thiazole rings is 1. The molecule has 0 radical (unpaired) electrons. The average Bonchev–Trinajstić information content (AvgIpc) is 3.09. The first-order valence-electron chi connectivity index (χ1n) is 9.69. The third-order valence-corrected chi connectivity index (χ3v) is 6.67. The minimum Gasteiger partial charge on any atom is -0.394 e. The van der Waals surface area contributed by atoms with Gasteiger partial charge < -0.3 is 10.0 Å². The van der Waals surface area contributed by atoms with Crippen LogP contribution < -0.4 is 4.90 Å². The van der Waals surface area contributed by atoms with Crippen LogP contribution in [0.5, 0.6) is 0 Å². The van der Waals surface area contributed by atoms with E-state index in [9.17, 15) is 14.8 Å². The normalized spacial score (nSPS) is 20.9. The number of nitriles is 1. The molecule has 4 nitrogen and oxygen atoms in total. The molecule has 0 unspecified atom stereocenters. The van der Waals surface area contributed by atoms with Crippen molar-refractivity contribution in [3.63, 3.8) is 0 Å². The molecular formula is C23H22FN3OS. The van der Waals surface area contributed by atoms with Crippen LogP contribution in [-0.4, -0.2) is 28.8 Å². The monoisotopic (exact) mass is 407 g/mol. The second-order valence-electron chi connectivity index (χ2n) is 7.20. The van der Waals surface area contributed by atoms with E-state index < -0.39 is 6.04 Å². The molecule has 1 aliphatic heterocycles. The number of hydrogen-bond donors (Lipinski definition) is 1. The van der Waals surface area contributed by atoms with Crippen LogP contribution in [0.15, 0.2) is 48.5 Å². The van der Waals surface area contributed by atoms with E-state index in [0.717, 1.165) is 38.8 Å². The van der Waals surface area contributed by atoms with E-state index >= 15 is 0 Å². The maximum Gasteiger partial charge on any atom is 0.187 e. The van der Waals surface area contributed by atoms with Crippen LogP contribution in [0.25, 0.3) is 11.1 Å². The molecule has 0 amide bonds. The Labute approximate surface area is 173 Å². The van der Waals surface area contributed by atoms with Crippen molar-refractivity contribution in [3.05, 3.63) is 70.5 Å². The minimum absolute atomic E-state index is 0.0688. The van der Waals surface area contributed by atoms with E-state index in [1.807, 2.05) is 36.1 Å². The Hall–Kier alpha value is -2.75. The largest absolute Gasteiger partial charge is 0.394 e. The van der Waals surface area contributed by atoms with E-state index in [4.69, 9.17) is 4.98 Å². The fourth-order valence-electron chi connectivity index (χ4n) is 4.17. The van der Waals surface area contributed by atoms with Crippen molar-refractivity contribution in [2.24, 2.45) is 0 Å². The lowest BCUT2D eigenvalue weighted by atomic mass is 9.74. The fourth-order valence-corrected chi connectivity index (χ4v) is 5.27. The van der Waals surface area contributed by atoms with Crippen LogP contribution in [0.3, 0.4) is 0 Å². The second-order valence-corrected chi connectivity index (χ2v) is 8.39. The molecule has 3 aromatic rings. The summed E-state index contributed by atoms with van der Waals surface area (Å²) in [5, 5.41) is 20.9. The molecule has 1 aliphatic rings. The van der Waals surface area contributed by atoms with Gasteiger partial charge in [0.2, 0.25) is 0 Å². The van der Waals surface area contributed by atoms with Gasteiger partial charge in [0.05, 0.1) is 24.4 Å². The molecule has 0 bridgehead atoms. The van der Waals surface area contributed by atoms with E-state index in [1.54, 1.807) is 23.5 Å². The number of hydrogen-bond acceptors (Lipinski definition) is 5. The molecular weight excluding hydrogens is 385 g/mol. The number of aliphatic hydroxyl groups excluding tert-OH is 1. The molecule has 2 aromatic carbocycles. The summed E-state index contributed by atoms with van der Waals surface area (Å²) < 4.78 is 13.4. The highest BCUT2D eigenvalue weighted by Gasteiger charge is 2.51.